The number of hydrogen-bond acceptors (Lipinski definition) is 1. The first-order chi connectivity index (χ1) is 14.8. The minimum Gasteiger partial charge on any atom is -0.320 e. The minimum absolute atomic E-state index is 0.647. The highest BCUT2D eigenvalue weighted by Crippen LogP contribution is 2.66. The molecule has 0 aliphatic heterocycles. The summed E-state index contributed by atoms with van der Waals surface area (Å²) < 4.78 is 274. The van der Waals surface area contributed by atoms with Crippen molar-refractivity contribution >= 4 is 0 Å². The van der Waals surface area contributed by atoms with Crippen molar-refractivity contribution in [3.63, 3.8) is 0 Å². The number of halogens is 21. The molecule has 0 aliphatic rings. The lowest BCUT2D eigenvalue weighted by Crippen LogP contribution is -2.76. The molecule has 0 saturated carbocycles. The SMILES string of the molecule is CNCCC(F)(F)C(F)(F)C(F)(F)C(F)(F)C(F)(F)C(F)(F)C(F)(F)C(F)(F)C(F)(F)C(F)(F)F. The summed E-state index contributed by atoms with van der Waals surface area (Å²) in [6.45, 7) is -1.49. The van der Waals surface area contributed by atoms with Gasteiger partial charge in [-0.25, -0.2) is 0 Å². The second-order valence-electron chi connectivity index (χ2n) is 6.65. The molecule has 0 amide bonds. The van der Waals surface area contributed by atoms with E-state index >= 15 is 0 Å². The van der Waals surface area contributed by atoms with E-state index in [1.807, 2.05) is 0 Å². The molecule has 0 fully saturated rings. The van der Waals surface area contributed by atoms with E-state index in [1.165, 1.54) is 0 Å². The Kier molecular flexibility index (Phi) is 8.15. The summed E-state index contributed by atoms with van der Waals surface area (Å²) in [7, 11) is 0.647. The molecule has 0 spiro atoms. The van der Waals surface area contributed by atoms with Crippen LogP contribution < -0.4 is 5.32 Å². The zero-order valence-electron chi connectivity index (χ0n) is 15.9. The molecule has 0 radical (unpaired) electrons. The molecule has 0 saturated heterocycles. The van der Waals surface area contributed by atoms with Gasteiger partial charge in [0.2, 0.25) is 0 Å². The standard InChI is InChI=1S/C13H8F21N/c1-35-3-2-4(14,15)5(16,17)6(18,19)7(20,21)8(22,23)9(24,25)10(26,27)11(28,29)12(30,31)13(32,33)34/h35H,2-3H2,1H3. The monoisotopic (exact) mass is 577 g/mol. The summed E-state index contributed by atoms with van der Waals surface area (Å²) >= 11 is 0. The van der Waals surface area contributed by atoms with Crippen molar-refractivity contribution in [2.45, 2.75) is 65.9 Å². The van der Waals surface area contributed by atoms with Crippen LogP contribution in [0.3, 0.4) is 0 Å². The smallest absolute Gasteiger partial charge is 0.320 e. The molecule has 0 rings (SSSR count). The van der Waals surface area contributed by atoms with Gasteiger partial charge >= 0.3 is 59.5 Å². The summed E-state index contributed by atoms with van der Waals surface area (Å²) in [5.41, 5.74) is 0. The van der Waals surface area contributed by atoms with Crippen LogP contribution in [0.1, 0.15) is 6.42 Å². The quantitative estimate of drug-likeness (QED) is 0.265. The van der Waals surface area contributed by atoms with E-state index in [9.17, 15) is 92.2 Å². The van der Waals surface area contributed by atoms with Crippen LogP contribution in [-0.2, 0) is 0 Å². The Hall–Kier alpha value is -1.51. The third kappa shape index (κ3) is 4.23. The van der Waals surface area contributed by atoms with E-state index in [4.69, 9.17) is 0 Å². The molecule has 0 aromatic heterocycles. The van der Waals surface area contributed by atoms with Gasteiger partial charge < -0.3 is 5.32 Å². The molecule has 212 valence electrons. The molecule has 22 heteroatoms. The Balaban J connectivity index is 6.97. The van der Waals surface area contributed by atoms with Gasteiger partial charge in [-0.15, -0.1) is 0 Å². The van der Waals surface area contributed by atoms with Crippen molar-refractivity contribution in [1.29, 1.82) is 0 Å². The summed E-state index contributed by atoms with van der Waals surface area (Å²) in [6.07, 6.45) is -10.6. The fourth-order valence-electron chi connectivity index (χ4n) is 2.03. The zero-order chi connectivity index (χ0) is 29.1. The Morgan fingerprint density at radius 3 is 0.829 bits per heavy atom. The summed E-state index contributed by atoms with van der Waals surface area (Å²) in [5.74, 6) is -76.4. The van der Waals surface area contributed by atoms with Crippen LogP contribution in [0.2, 0.25) is 0 Å². The highest BCUT2D eigenvalue weighted by molar-refractivity contribution is 5.17. The first kappa shape index (κ1) is 33.5. The van der Waals surface area contributed by atoms with Crippen LogP contribution in [0.4, 0.5) is 92.2 Å². The third-order valence-electron chi connectivity index (χ3n) is 4.26. The average molecular weight is 577 g/mol. The molecule has 0 unspecified atom stereocenters. The van der Waals surface area contributed by atoms with E-state index in [2.05, 4.69) is 0 Å². The lowest BCUT2D eigenvalue weighted by molar-refractivity contribution is -0.474. The first-order valence-electron chi connectivity index (χ1n) is 7.93. The van der Waals surface area contributed by atoms with Crippen molar-refractivity contribution in [3.05, 3.63) is 0 Å². The maximum absolute atomic E-state index is 13.5. The fraction of sp³-hybridized carbons (Fsp3) is 1.00. The zero-order valence-corrected chi connectivity index (χ0v) is 15.9. The molecule has 1 nitrogen and oxygen atoms in total. The van der Waals surface area contributed by atoms with Crippen LogP contribution in [-0.4, -0.2) is 73.1 Å². The first-order valence-corrected chi connectivity index (χ1v) is 7.93. The van der Waals surface area contributed by atoms with E-state index in [-0.39, 0.29) is 0 Å². The Bertz CT molecular complexity index is 747. The van der Waals surface area contributed by atoms with Gasteiger partial charge in [-0.05, 0) is 7.05 Å². The van der Waals surface area contributed by atoms with Crippen molar-refractivity contribution in [2.75, 3.05) is 13.6 Å². The number of nitrogens with one attached hydrogen (secondary N) is 1. The van der Waals surface area contributed by atoms with Crippen molar-refractivity contribution < 1.29 is 92.2 Å². The molecule has 0 aromatic carbocycles. The lowest BCUT2D eigenvalue weighted by Gasteiger charge is -2.44. The van der Waals surface area contributed by atoms with Gasteiger partial charge in [0.05, 0.1) is 0 Å². The van der Waals surface area contributed by atoms with Crippen LogP contribution in [0, 0.1) is 0 Å². The average Bonchev–Trinajstić information content (AvgIpc) is 2.64. The summed E-state index contributed by atoms with van der Waals surface area (Å²) in [5, 5.41) is 1.54. The van der Waals surface area contributed by atoms with Crippen LogP contribution in [0.25, 0.3) is 0 Å². The molecule has 35 heavy (non-hydrogen) atoms. The van der Waals surface area contributed by atoms with Gasteiger partial charge in [0.15, 0.2) is 0 Å². The van der Waals surface area contributed by atoms with Gasteiger partial charge in [-0.1, -0.05) is 0 Å². The van der Waals surface area contributed by atoms with E-state index in [1.54, 1.807) is 5.32 Å². The van der Waals surface area contributed by atoms with Gasteiger partial charge in [-0.2, -0.15) is 92.2 Å². The third-order valence-corrected chi connectivity index (χ3v) is 4.26. The molecule has 0 bridgehead atoms. The Morgan fingerprint density at radius 1 is 0.371 bits per heavy atom. The topological polar surface area (TPSA) is 12.0 Å². The molecular weight excluding hydrogens is 569 g/mol. The van der Waals surface area contributed by atoms with Crippen molar-refractivity contribution in [2.24, 2.45) is 0 Å². The second kappa shape index (κ2) is 8.52. The molecule has 0 atom stereocenters. The summed E-state index contributed by atoms with van der Waals surface area (Å²) in [6, 6.07) is 0. The number of rotatable bonds is 11. The predicted octanol–water partition coefficient (Wildman–Crippen LogP) is 6.88. The molecule has 0 aromatic rings. The van der Waals surface area contributed by atoms with Crippen LogP contribution >= 0.6 is 0 Å². The van der Waals surface area contributed by atoms with E-state index < -0.39 is 72.4 Å². The van der Waals surface area contributed by atoms with Crippen molar-refractivity contribution in [3.8, 4) is 0 Å². The second-order valence-corrected chi connectivity index (χ2v) is 6.65. The van der Waals surface area contributed by atoms with Gasteiger partial charge in [0.25, 0.3) is 0 Å². The fourth-order valence-corrected chi connectivity index (χ4v) is 2.03. The minimum atomic E-state index is -9.14. The van der Waals surface area contributed by atoms with Crippen LogP contribution in [0.5, 0.6) is 0 Å². The largest absolute Gasteiger partial charge is 0.460 e. The lowest BCUT2D eigenvalue weighted by atomic mass is 9.86. The summed E-state index contributed by atoms with van der Waals surface area (Å²) in [4.78, 5) is 0. The molecule has 1 N–H and O–H groups in total. The maximum Gasteiger partial charge on any atom is 0.460 e. The highest BCUT2D eigenvalue weighted by atomic mass is 19.4. The predicted molar refractivity (Wildman–Crippen MR) is 69.1 cm³/mol. The van der Waals surface area contributed by atoms with Crippen molar-refractivity contribution in [1.82, 2.24) is 5.32 Å². The van der Waals surface area contributed by atoms with Gasteiger partial charge in [0.1, 0.15) is 0 Å². The highest BCUT2D eigenvalue weighted by Gasteiger charge is 2.97. The van der Waals surface area contributed by atoms with E-state index in [0.717, 1.165) is 0 Å². The normalized spacial score (nSPS) is 16.6. The molecular formula is C13H8F21N. The molecule has 0 heterocycles. The molecule has 0 aliphatic carbocycles. The Labute approximate surface area is 178 Å². The van der Waals surface area contributed by atoms with Crippen LogP contribution in [0.15, 0.2) is 0 Å². The van der Waals surface area contributed by atoms with Gasteiger partial charge in [0, 0.05) is 13.0 Å². The Morgan fingerprint density at radius 2 is 0.600 bits per heavy atom. The maximum atomic E-state index is 13.5. The van der Waals surface area contributed by atoms with E-state index in [0.29, 0.717) is 7.05 Å². The number of alkyl halides is 21. The van der Waals surface area contributed by atoms with Gasteiger partial charge in [-0.3, -0.25) is 0 Å². The number of hydrogen-bond donors (Lipinski definition) is 1.